The second kappa shape index (κ2) is 7.60. The fourth-order valence-corrected chi connectivity index (χ4v) is 4.28. The SMILES string of the molecule is CC(=O)Nc1cccc(Nc2ncc3ccn(S(=O)(=O)c4ccc(C)cc4)c3n2)c1. The van der Waals surface area contributed by atoms with E-state index in [0.29, 0.717) is 16.8 Å². The van der Waals surface area contributed by atoms with Crippen molar-refractivity contribution in [2.45, 2.75) is 18.7 Å². The highest BCUT2D eigenvalue weighted by molar-refractivity contribution is 7.90. The molecule has 1 amide bonds. The van der Waals surface area contributed by atoms with Gasteiger partial charge in [0.15, 0.2) is 5.65 Å². The van der Waals surface area contributed by atoms with Crippen LogP contribution in [0, 0.1) is 6.92 Å². The van der Waals surface area contributed by atoms with E-state index in [0.717, 1.165) is 9.54 Å². The summed E-state index contributed by atoms with van der Waals surface area (Å²) in [5.41, 5.74) is 2.52. The predicted octanol–water partition coefficient (Wildman–Crippen LogP) is 3.68. The summed E-state index contributed by atoms with van der Waals surface area (Å²) in [5.74, 6) is 0.0606. The summed E-state index contributed by atoms with van der Waals surface area (Å²) in [4.78, 5) is 20.1. The molecule has 4 aromatic rings. The largest absolute Gasteiger partial charge is 0.326 e. The molecular formula is C21H19N5O3S. The first kappa shape index (κ1) is 19.6. The first-order valence-electron chi connectivity index (χ1n) is 9.14. The molecule has 0 aliphatic rings. The first-order valence-corrected chi connectivity index (χ1v) is 10.6. The van der Waals surface area contributed by atoms with Gasteiger partial charge in [0.25, 0.3) is 10.0 Å². The summed E-state index contributed by atoms with van der Waals surface area (Å²) in [6.45, 7) is 3.33. The van der Waals surface area contributed by atoms with Crippen molar-refractivity contribution < 1.29 is 13.2 Å². The summed E-state index contributed by atoms with van der Waals surface area (Å²) in [5, 5.41) is 6.35. The summed E-state index contributed by atoms with van der Waals surface area (Å²) in [7, 11) is -3.80. The van der Waals surface area contributed by atoms with Gasteiger partial charge in [0, 0.05) is 36.1 Å². The number of carbonyl (C=O) groups is 1. The Labute approximate surface area is 173 Å². The Morgan fingerprint density at radius 3 is 2.50 bits per heavy atom. The Morgan fingerprint density at radius 2 is 1.77 bits per heavy atom. The van der Waals surface area contributed by atoms with Gasteiger partial charge in [-0.1, -0.05) is 23.8 Å². The molecular weight excluding hydrogens is 402 g/mol. The number of nitrogens with one attached hydrogen (secondary N) is 2. The van der Waals surface area contributed by atoms with Gasteiger partial charge in [0.1, 0.15) is 0 Å². The molecule has 0 radical (unpaired) electrons. The highest BCUT2D eigenvalue weighted by Gasteiger charge is 2.20. The minimum Gasteiger partial charge on any atom is -0.326 e. The fraction of sp³-hybridized carbons (Fsp3) is 0.0952. The Bertz CT molecular complexity index is 1340. The number of benzene rings is 2. The van der Waals surface area contributed by atoms with Crippen molar-refractivity contribution in [3.05, 3.63) is 72.6 Å². The van der Waals surface area contributed by atoms with Crippen LogP contribution in [0.3, 0.4) is 0 Å². The quantitative estimate of drug-likeness (QED) is 0.509. The van der Waals surface area contributed by atoms with Crippen LogP contribution in [0.25, 0.3) is 11.0 Å². The average molecular weight is 421 g/mol. The molecule has 2 heterocycles. The van der Waals surface area contributed by atoms with Crippen LogP contribution in [0.4, 0.5) is 17.3 Å². The monoisotopic (exact) mass is 421 g/mol. The van der Waals surface area contributed by atoms with Gasteiger partial charge < -0.3 is 10.6 Å². The van der Waals surface area contributed by atoms with Crippen LogP contribution in [0.5, 0.6) is 0 Å². The minimum atomic E-state index is -3.80. The van der Waals surface area contributed by atoms with Crippen molar-refractivity contribution in [3.8, 4) is 0 Å². The molecule has 0 aliphatic carbocycles. The maximum atomic E-state index is 13.1. The molecule has 2 aromatic carbocycles. The molecule has 4 rings (SSSR count). The van der Waals surface area contributed by atoms with Crippen molar-refractivity contribution in [2.75, 3.05) is 10.6 Å². The molecule has 9 heteroatoms. The van der Waals surface area contributed by atoms with Gasteiger partial charge in [-0.3, -0.25) is 4.79 Å². The second-order valence-corrected chi connectivity index (χ2v) is 8.60. The van der Waals surface area contributed by atoms with Gasteiger partial charge in [-0.15, -0.1) is 0 Å². The smallest absolute Gasteiger partial charge is 0.269 e. The molecule has 0 saturated carbocycles. The lowest BCUT2D eigenvalue weighted by Crippen LogP contribution is -2.13. The number of hydrogen-bond acceptors (Lipinski definition) is 6. The lowest BCUT2D eigenvalue weighted by Gasteiger charge is -2.10. The number of aromatic nitrogens is 3. The third-order valence-electron chi connectivity index (χ3n) is 4.41. The van der Waals surface area contributed by atoms with E-state index in [1.165, 1.54) is 13.1 Å². The molecule has 0 spiro atoms. The van der Waals surface area contributed by atoms with Gasteiger partial charge >= 0.3 is 0 Å². The average Bonchev–Trinajstić information content (AvgIpc) is 3.12. The van der Waals surface area contributed by atoms with Crippen LogP contribution in [0.15, 0.2) is 71.9 Å². The van der Waals surface area contributed by atoms with Crippen LogP contribution < -0.4 is 10.6 Å². The van der Waals surface area contributed by atoms with Gasteiger partial charge in [0.2, 0.25) is 11.9 Å². The Balaban J connectivity index is 1.70. The van der Waals surface area contributed by atoms with Crippen LogP contribution in [-0.4, -0.2) is 28.3 Å². The summed E-state index contributed by atoms with van der Waals surface area (Å²) in [6.07, 6.45) is 3.03. The second-order valence-electron chi connectivity index (χ2n) is 6.79. The Morgan fingerprint density at radius 1 is 1.03 bits per heavy atom. The number of rotatable bonds is 5. The lowest BCUT2D eigenvalue weighted by atomic mass is 10.2. The van der Waals surface area contributed by atoms with E-state index in [4.69, 9.17) is 0 Å². The molecule has 0 unspecified atom stereocenters. The highest BCUT2D eigenvalue weighted by Crippen LogP contribution is 2.23. The fourth-order valence-electron chi connectivity index (χ4n) is 2.98. The number of amides is 1. The summed E-state index contributed by atoms with van der Waals surface area (Å²) < 4.78 is 27.3. The number of fused-ring (bicyclic) bond motifs is 1. The van der Waals surface area contributed by atoms with E-state index in [1.807, 2.05) is 6.92 Å². The molecule has 0 bridgehead atoms. The van der Waals surface area contributed by atoms with Crippen molar-refractivity contribution in [1.29, 1.82) is 0 Å². The zero-order valence-corrected chi connectivity index (χ0v) is 17.1. The van der Waals surface area contributed by atoms with Gasteiger partial charge in [-0.05, 0) is 43.3 Å². The van der Waals surface area contributed by atoms with Gasteiger partial charge in [-0.2, -0.15) is 4.98 Å². The maximum absolute atomic E-state index is 13.1. The highest BCUT2D eigenvalue weighted by atomic mass is 32.2. The molecule has 152 valence electrons. The molecule has 0 atom stereocenters. The molecule has 8 nitrogen and oxygen atoms in total. The number of nitrogens with zero attached hydrogens (tertiary/aromatic N) is 3. The van der Waals surface area contributed by atoms with E-state index in [2.05, 4.69) is 20.6 Å². The van der Waals surface area contributed by atoms with Crippen molar-refractivity contribution >= 4 is 44.3 Å². The molecule has 2 aromatic heterocycles. The number of carbonyl (C=O) groups excluding carboxylic acids is 1. The van der Waals surface area contributed by atoms with Crippen LogP contribution in [0.2, 0.25) is 0 Å². The Kier molecular flexibility index (Phi) is 4.96. The van der Waals surface area contributed by atoms with Crippen molar-refractivity contribution in [3.63, 3.8) is 0 Å². The molecule has 0 saturated heterocycles. The van der Waals surface area contributed by atoms with Crippen LogP contribution in [-0.2, 0) is 14.8 Å². The minimum absolute atomic E-state index is 0.177. The third kappa shape index (κ3) is 3.87. The van der Waals surface area contributed by atoms with E-state index in [-0.39, 0.29) is 22.4 Å². The topological polar surface area (TPSA) is 106 Å². The normalized spacial score (nSPS) is 11.4. The molecule has 30 heavy (non-hydrogen) atoms. The maximum Gasteiger partial charge on any atom is 0.269 e. The zero-order chi connectivity index (χ0) is 21.3. The van der Waals surface area contributed by atoms with E-state index in [1.54, 1.807) is 60.8 Å². The lowest BCUT2D eigenvalue weighted by molar-refractivity contribution is -0.114. The first-order chi connectivity index (χ1) is 14.3. The van der Waals surface area contributed by atoms with E-state index >= 15 is 0 Å². The number of hydrogen-bond donors (Lipinski definition) is 2. The van der Waals surface area contributed by atoms with Crippen LogP contribution >= 0.6 is 0 Å². The van der Waals surface area contributed by atoms with E-state index in [9.17, 15) is 13.2 Å². The van der Waals surface area contributed by atoms with Crippen molar-refractivity contribution in [1.82, 2.24) is 13.9 Å². The molecule has 0 aliphatic heterocycles. The summed E-state index contributed by atoms with van der Waals surface area (Å²) in [6, 6.07) is 15.4. The third-order valence-corrected chi connectivity index (χ3v) is 6.09. The Hall–Kier alpha value is -3.72. The van der Waals surface area contributed by atoms with Gasteiger partial charge in [-0.25, -0.2) is 17.4 Å². The number of aryl methyl sites for hydroxylation is 1. The predicted molar refractivity (Wildman–Crippen MR) is 115 cm³/mol. The standard InChI is InChI=1S/C21H19N5O3S/c1-14-6-8-19(9-7-14)30(28,29)26-11-10-16-13-22-21(25-20(16)26)24-18-5-3-4-17(12-18)23-15(2)27/h3-13H,1-2H3,(H,23,27)(H,22,24,25). The van der Waals surface area contributed by atoms with Crippen LogP contribution in [0.1, 0.15) is 12.5 Å². The van der Waals surface area contributed by atoms with E-state index < -0.39 is 10.0 Å². The molecule has 0 fully saturated rings. The molecule has 2 N–H and O–H groups in total. The summed E-state index contributed by atoms with van der Waals surface area (Å²) >= 11 is 0. The van der Waals surface area contributed by atoms with Gasteiger partial charge in [0.05, 0.1) is 4.90 Å². The number of anilines is 3. The van der Waals surface area contributed by atoms with Crippen molar-refractivity contribution in [2.24, 2.45) is 0 Å². The zero-order valence-electron chi connectivity index (χ0n) is 16.3.